The summed E-state index contributed by atoms with van der Waals surface area (Å²) < 4.78 is 31.8. The van der Waals surface area contributed by atoms with Crippen LogP contribution < -0.4 is 5.73 Å². The minimum absolute atomic E-state index is 0. The molecule has 7 nitrogen and oxygen atoms in total. The Labute approximate surface area is 146 Å². The number of carbonyl (C=O) groups is 1. The van der Waals surface area contributed by atoms with E-state index in [1.54, 1.807) is 18.2 Å². The number of fused-ring (bicyclic) bond motifs is 1. The Hall–Kier alpha value is -1.74. The van der Waals surface area contributed by atoms with E-state index in [-0.39, 0.29) is 29.0 Å². The topological polar surface area (TPSA) is 103 Å². The molecule has 1 aromatic heterocycles. The molecule has 0 aliphatic carbocycles. The van der Waals surface area contributed by atoms with Crippen LogP contribution in [0.1, 0.15) is 16.9 Å². The van der Waals surface area contributed by atoms with Crippen molar-refractivity contribution in [3.8, 4) is 0 Å². The van der Waals surface area contributed by atoms with E-state index in [4.69, 9.17) is 10.5 Å². The smallest absolute Gasteiger partial charge is 0.357 e. The van der Waals surface area contributed by atoms with E-state index in [0.717, 1.165) is 0 Å². The number of aromatic nitrogens is 1. The van der Waals surface area contributed by atoms with Crippen molar-refractivity contribution < 1.29 is 17.9 Å². The normalized spacial score (nSPS) is 18.3. The Morgan fingerprint density at radius 2 is 2.08 bits per heavy atom. The highest BCUT2D eigenvalue weighted by Crippen LogP contribution is 2.28. The summed E-state index contributed by atoms with van der Waals surface area (Å²) in [6, 6.07) is 6.22. The molecule has 0 unspecified atom stereocenters. The number of ether oxygens (including phenoxy) is 1. The average Bonchev–Trinajstić information content (AvgIpc) is 3.00. The number of rotatable bonds is 3. The van der Waals surface area contributed by atoms with Gasteiger partial charge in [-0.15, -0.1) is 12.4 Å². The van der Waals surface area contributed by atoms with Crippen molar-refractivity contribution in [3.63, 3.8) is 0 Å². The van der Waals surface area contributed by atoms with Crippen LogP contribution in [-0.4, -0.2) is 49.9 Å². The van der Waals surface area contributed by atoms with Gasteiger partial charge < -0.3 is 10.5 Å². The minimum atomic E-state index is -3.67. The van der Waals surface area contributed by atoms with Crippen molar-refractivity contribution in [2.45, 2.75) is 17.4 Å². The Morgan fingerprint density at radius 3 is 2.71 bits per heavy atom. The molecular weight excluding hydrogens is 354 g/mol. The van der Waals surface area contributed by atoms with Gasteiger partial charge in [-0.25, -0.2) is 18.2 Å². The summed E-state index contributed by atoms with van der Waals surface area (Å²) in [6.07, 6.45) is 2.04. The molecule has 1 aliphatic rings. The van der Waals surface area contributed by atoms with E-state index >= 15 is 0 Å². The lowest BCUT2D eigenvalue weighted by Gasteiger charge is -2.17. The fraction of sp³-hybridized carbons (Fsp3) is 0.333. The minimum Gasteiger partial charge on any atom is -0.464 e. The maximum Gasteiger partial charge on any atom is 0.357 e. The molecule has 9 heteroatoms. The van der Waals surface area contributed by atoms with Crippen LogP contribution in [0, 0.1) is 0 Å². The number of methoxy groups -OCH3 is 1. The van der Waals surface area contributed by atoms with Gasteiger partial charge >= 0.3 is 5.97 Å². The average molecular weight is 372 g/mol. The standard InChI is InChI=1S/C15H17N3O4S.ClH/c1-22-15(19)14-12-3-2-4-13(11(12)5-7-17-14)23(20,21)18-8-6-10(16)9-18;/h2-5,7,10H,6,8-9,16H2,1H3;1H/t10-;/m1./s1. The SMILES string of the molecule is COC(=O)c1nccc2c(S(=O)(=O)N3CC[C@@H](N)C3)cccc12.Cl. The molecule has 1 aromatic carbocycles. The van der Waals surface area contributed by atoms with Crippen LogP contribution in [0.25, 0.3) is 10.8 Å². The van der Waals surface area contributed by atoms with E-state index in [0.29, 0.717) is 30.3 Å². The summed E-state index contributed by atoms with van der Waals surface area (Å²) in [4.78, 5) is 16.0. The first-order chi connectivity index (χ1) is 10.9. The Kier molecular flexibility index (Phi) is 5.44. The highest BCUT2D eigenvalue weighted by molar-refractivity contribution is 7.89. The maximum atomic E-state index is 12.9. The lowest BCUT2D eigenvalue weighted by atomic mass is 10.1. The number of carbonyl (C=O) groups excluding carboxylic acids is 1. The van der Waals surface area contributed by atoms with Crippen molar-refractivity contribution in [3.05, 3.63) is 36.2 Å². The first-order valence-corrected chi connectivity index (χ1v) is 8.61. The van der Waals surface area contributed by atoms with Crippen LogP contribution >= 0.6 is 12.4 Å². The van der Waals surface area contributed by atoms with Crippen molar-refractivity contribution in [1.82, 2.24) is 9.29 Å². The van der Waals surface area contributed by atoms with Crippen molar-refractivity contribution in [2.24, 2.45) is 5.73 Å². The van der Waals surface area contributed by atoms with Crippen molar-refractivity contribution in [2.75, 3.05) is 20.2 Å². The van der Waals surface area contributed by atoms with Crippen LogP contribution in [0.5, 0.6) is 0 Å². The Morgan fingerprint density at radius 1 is 1.33 bits per heavy atom. The third-order valence-corrected chi connectivity index (χ3v) is 5.87. The molecule has 1 saturated heterocycles. The van der Waals surface area contributed by atoms with Gasteiger partial charge in [0.1, 0.15) is 0 Å². The molecule has 1 atom stereocenters. The van der Waals surface area contributed by atoms with Gasteiger partial charge in [-0.05, 0) is 18.6 Å². The summed E-state index contributed by atoms with van der Waals surface area (Å²) in [6.45, 7) is 0.697. The number of nitrogens with two attached hydrogens (primary N) is 1. The Balaban J connectivity index is 0.00000208. The van der Waals surface area contributed by atoms with Gasteiger partial charge in [0.05, 0.1) is 12.0 Å². The molecular formula is C15H18ClN3O4S. The highest BCUT2D eigenvalue weighted by Gasteiger charge is 2.32. The molecule has 2 aromatic rings. The number of benzene rings is 1. The van der Waals surface area contributed by atoms with Crippen LogP contribution in [0.4, 0.5) is 0 Å². The zero-order chi connectivity index (χ0) is 16.6. The van der Waals surface area contributed by atoms with Gasteiger partial charge in [0, 0.05) is 36.1 Å². The third-order valence-electron chi connectivity index (χ3n) is 3.95. The lowest BCUT2D eigenvalue weighted by molar-refractivity contribution is 0.0596. The third kappa shape index (κ3) is 3.10. The van der Waals surface area contributed by atoms with Crippen LogP contribution in [0.2, 0.25) is 0 Å². The number of hydrogen-bond donors (Lipinski definition) is 1. The molecule has 1 fully saturated rings. The molecule has 130 valence electrons. The van der Waals surface area contributed by atoms with Crippen molar-refractivity contribution >= 4 is 39.2 Å². The second kappa shape index (κ2) is 7.02. The first-order valence-electron chi connectivity index (χ1n) is 7.17. The zero-order valence-electron chi connectivity index (χ0n) is 13.0. The number of sulfonamides is 1. The van der Waals surface area contributed by atoms with Crippen LogP contribution in [0.15, 0.2) is 35.4 Å². The molecule has 24 heavy (non-hydrogen) atoms. The number of nitrogens with zero attached hydrogens (tertiary/aromatic N) is 2. The van der Waals surface area contributed by atoms with E-state index in [9.17, 15) is 13.2 Å². The molecule has 0 saturated carbocycles. The predicted octanol–water partition coefficient (Wildman–Crippen LogP) is 1.16. The number of hydrogen-bond acceptors (Lipinski definition) is 6. The summed E-state index contributed by atoms with van der Waals surface area (Å²) in [5.41, 5.74) is 5.91. The van der Waals surface area contributed by atoms with Gasteiger partial charge in [-0.3, -0.25) is 0 Å². The fourth-order valence-corrected chi connectivity index (χ4v) is 4.49. The van der Waals surface area contributed by atoms with E-state index in [1.807, 2.05) is 0 Å². The maximum absolute atomic E-state index is 12.9. The quantitative estimate of drug-likeness (QED) is 0.812. The second-order valence-corrected chi connectivity index (χ2v) is 7.32. The van der Waals surface area contributed by atoms with Gasteiger partial charge in [-0.1, -0.05) is 12.1 Å². The van der Waals surface area contributed by atoms with Crippen LogP contribution in [-0.2, 0) is 14.8 Å². The van der Waals surface area contributed by atoms with E-state index in [2.05, 4.69) is 4.98 Å². The van der Waals surface area contributed by atoms with Gasteiger partial charge in [0.15, 0.2) is 5.69 Å². The molecule has 0 bridgehead atoms. The predicted molar refractivity (Wildman–Crippen MR) is 91.7 cm³/mol. The largest absolute Gasteiger partial charge is 0.464 e. The summed E-state index contributed by atoms with van der Waals surface area (Å²) in [5.74, 6) is -0.603. The van der Waals surface area contributed by atoms with E-state index in [1.165, 1.54) is 23.7 Å². The van der Waals surface area contributed by atoms with Crippen LogP contribution in [0.3, 0.4) is 0 Å². The molecule has 1 aliphatic heterocycles. The molecule has 3 rings (SSSR count). The summed E-state index contributed by atoms with van der Waals surface area (Å²) in [5, 5.41) is 0.896. The number of halogens is 1. The van der Waals surface area contributed by atoms with Gasteiger partial charge in [0.25, 0.3) is 0 Å². The fourth-order valence-electron chi connectivity index (χ4n) is 2.77. The van der Waals surface area contributed by atoms with Crippen molar-refractivity contribution in [1.29, 1.82) is 0 Å². The first kappa shape index (κ1) is 18.6. The van der Waals surface area contributed by atoms with Gasteiger partial charge in [-0.2, -0.15) is 4.31 Å². The second-order valence-electron chi connectivity index (χ2n) is 5.41. The molecule has 2 N–H and O–H groups in total. The Bertz CT molecular complexity index is 872. The molecule has 0 radical (unpaired) electrons. The highest BCUT2D eigenvalue weighted by atomic mass is 35.5. The molecule has 0 spiro atoms. The van der Waals surface area contributed by atoms with E-state index < -0.39 is 16.0 Å². The zero-order valence-corrected chi connectivity index (χ0v) is 14.6. The lowest BCUT2D eigenvalue weighted by Crippen LogP contribution is -2.32. The summed E-state index contributed by atoms with van der Waals surface area (Å²) >= 11 is 0. The van der Waals surface area contributed by atoms with Gasteiger partial charge in [0.2, 0.25) is 10.0 Å². The molecule has 2 heterocycles. The summed E-state index contributed by atoms with van der Waals surface area (Å²) in [7, 11) is -2.41. The number of pyridine rings is 1. The molecule has 0 amide bonds. The monoisotopic (exact) mass is 371 g/mol. The number of esters is 1.